The highest BCUT2D eigenvalue weighted by atomic mass is 35.5. The lowest BCUT2D eigenvalue weighted by Gasteiger charge is -2.14. The zero-order valence-corrected chi connectivity index (χ0v) is 10.7. The Morgan fingerprint density at radius 3 is 1.17 bits per heavy atom. The van der Waals surface area contributed by atoms with Crippen molar-refractivity contribution in [3.63, 3.8) is 0 Å². The lowest BCUT2D eigenvalue weighted by Crippen LogP contribution is -2.26. The van der Waals surface area contributed by atoms with Crippen molar-refractivity contribution in [2.75, 3.05) is 0 Å². The summed E-state index contributed by atoms with van der Waals surface area (Å²) in [6.07, 6.45) is 0. The van der Waals surface area contributed by atoms with E-state index in [0.29, 0.717) is 0 Å². The minimum absolute atomic E-state index is 0.971. The van der Waals surface area contributed by atoms with Gasteiger partial charge in [-0.2, -0.15) is 0 Å². The minimum atomic E-state index is -1.67. The van der Waals surface area contributed by atoms with Crippen LogP contribution in [0.1, 0.15) is 0 Å². The van der Waals surface area contributed by atoms with Gasteiger partial charge in [-0.15, -0.1) is 69.6 Å². The number of hydrogen-bond acceptors (Lipinski definition) is 1. The summed E-state index contributed by atoms with van der Waals surface area (Å²) in [4.78, 5) is -1.94. The predicted molar refractivity (Wildman–Crippen MR) is 58.4 cm³/mol. The highest BCUT2D eigenvalue weighted by Gasteiger charge is 2.30. The first kappa shape index (κ1) is 13.9. The lowest BCUT2D eigenvalue weighted by molar-refractivity contribution is 0.680. The molecule has 0 rings (SSSR count). The maximum absolute atomic E-state index is 11.2. The van der Waals surface area contributed by atoms with Crippen molar-refractivity contribution < 1.29 is 4.21 Å². The van der Waals surface area contributed by atoms with Crippen LogP contribution in [-0.2, 0) is 10.8 Å². The fraction of sp³-hybridized carbons (Fsp3) is 1.00. The number of alkyl halides is 6. The molecule has 1 nitrogen and oxygen atoms in total. The van der Waals surface area contributed by atoms with Gasteiger partial charge in [0.05, 0.1) is 10.8 Å². The normalized spacial score (nSPS) is 19.7. The Kier molecular flexibility index (Phi) is 7.39. The van der Waals surface area contributed by atoms with Gasteiger partial charge in [0.25, 0.3) is 0 Å². The number of halogens is 6. The summed E-state index contributed by atoms with van der Waals surface area (Å²) >= 11 is 32.5. The van der Waals surface area contributed by atoms with Crippen molar-refractivity contribution in [1.29, 1.82) is 0 Å². The van der Waals surface area contributed by atoms with Crippen LogP contribution in [0.5, 0.6) is 0 Å². The van der Waals surface area contributed by atoms with Crippen molar-refractivity contribution in [3.05, 3.63) is 0 Å². The smallest absolute Gasteiger partial charge is 0.140 e. The SMILES string of the molecule is O=S(C(Cl)C(Cl)Cl)C(Cl)C(Cl)Cl. The van der Waals surface area contributed by atoms with Gasteiger partial charge in [-0.1, -0.05) is 0 Å². The standard InChI is InChI=1S/C4H4Cl6OS/c5-1(6)3(9)12(11)4(10)2(7)8/h1-4H. The van der Waals surface area contributed by atoms with E-state index < -0.39 is 29.9 Å². The fourth-order valence-electron chi connectivity index (χ4n) is 0.327. The molecule has 0 aromatic rings. The molecule has 0 aliphatic rings. The fourth-order valence-corrected chi connectivity index (χ4v) is 3.02. The van der Waals surface area contributed by atoms with Crippen molar-refractivity contribution in [1.82, 2.24) is 0 Å². The van der Waals surface area contributed by atoms with E-state index in [1.807, 2.05) is 0 Å². The Morgan fingerprint density at radius 2 is 1.00 bits per heavy atom. The van der Waals surface area contributed by atoms with Crippen LogP contribution in [0.15, 0.2) is 0 Å². The Labute approximate surface area is 103 Å². The molecule has 0 aliphatic carbocycles. The van der Waals surface area contributed by atoms with Crippen LogP contribution < -0.4 is 0 Å². The molecule has 12 heavy (non-hydrogen) atoms. The van der Waals surface area contributed by atoms with Gasteiger partial charge in [-0.25, -0.2) is 0 Å². The van der Waals surface area contributed by atoms with Crippen molar-refractivity contribution in [2.24, 2.45) is 0 Å². The van der Waals surface area contributed by atoms with Gasteiger partial charge in [-0.05, 0) is 0 Å². The van der Waals surface area contributed by atoms with Gasteiger partial charge in [-0.3, -0.25) is 4.21 Å². The van der Waals surface area contributed by atoms with Crippen molar-refractivity contribution >= 4 is 80.4 Å². The second kappa shape index (κ2) is 6.39. The van der Waals surface area contributed by atoms with Crippen LogP contribution >= 0.6 is 69.6 Å². The first-order valence-electron chi connectivity index (χ1n) is 2.61. The molecule has 2 atom stereocenters. The van der Waals surface area contributed by atoms with Gasteiger partial charge < -0.3 is 0 Å². The molecule has 8 heteroatoms. The molecule has 0 spiro atoms. The quantitative estimate of drug-likeness (QED) is 0.726. The lowest BCUT2D eigenvalue weighted by atomic mass is 10.9. The van der Waals surface area contributed by atoms with Crippen LogP contribution in [-0.4, -0.2) is 23.3 Å². The highest BCUT2D eigenvalue weighted by Crippen LogP contribution is 2.26. The molecule has 0 bridgehead atoms. The molecule has 0 aromatic heterocycles. The Bertz CT molecular complexity index is 146. The maximum atomic E-state index is 11.2. The average Bonchev–Trinajstić information content (AvgIpc) is 2.00. The first-order valence-corrected chi connectivity index (χ1v) is 6.51. The molecule has 0 fully saturated rings. The molecule has 0 aliphatic heterocycles. The van der Waals surface area contributed by atoms with E-state index in [-0.39, 0.29) is 0 Å². The summed E-state index contributed by atoms with van der Waals surface area (Å²) in [7, 11) is -1.67. The Balaban J connectivity index is 4.19. The molecular formula is C4H4Cl6OS. The predicted octanol–water partition coefficient (Wildman–Crippen LogP) is 3.47. The molecule has 2 unspecified atom stereocenters. The van der Waals surface area contributed by atoms with E-state index in [2.05, 4.69) is 0 Å². The Hall–Kier alpha value is 1.89. The van der Waals surface area contributed by atoms with E-state index in [1.54, 1.807) is 0 Å². The van der Waals surface area contributed by atoms with Gasteiger partial charge >= 0.3 is 0 Å². The molecule has 0 amide bonds. The molecule has 0 saturated carbocycles. The van der Waals surface area contributed by atoms with Gasteiger partial charge in [0.15, 0.2) is 0 Å². The summed E-state index contributed by atoms with van der Waals surface area (Å²) in [6.45, 7) is 0. The molecule has 0 aromatic carbocycles. The third-order valence-electron chi connectivity index (χ3n) is 0.840. The summed E-state index contributed by atoms with van der Waals surface area (Å²) in [5.74, 6) is 0. The van der Waals surface area contributed by atoms with E-state index in [1.165, 1.54) is 0 Å². The third-order valence-corrected chi connectivity index (χ3v) is 5.95. The zero-order chi connectivity index (χ0) is 9.89. The monoisotopic (exact) mass is 310 g/mol. The second-order valence-corrected chi connectivity index (χ2v) is 7.16. The zero-order valence-electron chi connectivity index (χ0n) is 5.39. The van der Waals surface area contributed by atoms with Crippen LogP contribution in [0.2, 0.25) is 0 Å². The summed E-state index contributed by atoms with van der Waals surface area (Å²) < 4.78 is 9.28. The maximum Gasteiger partial charge on any atom is 0.140 e. The molecular weight excluding hydrogens is 309 g/mol. The Morgan fingerprint density at radius 1 is 0.750 bits per heavy atom. The van der Waals surface area contributed by atoms with Crippen LogP contribution in [0.3, 0.4) is 0 Å². The van der Waals surface area contributed by atoms with E-state index >= 15 is 0 Å². The van der Waals surface area contributed by atoms with Gasteiger partial charge in [0.1, 0.15) is 19.1 Å². The number of hydrogen-bond donors (Lipinski definition) is 0. The van der Waals surface area contributed by atoms with Crippen molar-refractivity contribution in [3.8, 4) is 0 Å². The largest absolute Gasteiger partial charge is 0.256 e. The molecule has 74 valence electrons. The molecule has 0 N–H and O–H groups in total. The molecule has 0 heterocycles. The van der Waals surface area contributed by atoms with Gasteiger partial charge in [0.2, 0.25) is 0 Å². The summed E-state index contributed by atoms with van der Waals surface area (Å²) in [5, 5.41) is 0. The van der Waals surface area contributed by atoms with Crippen LogP contribution in [0, 0.1) is 0 Å². The minimum Gasteiger partial charge on any atom is -0.256 e. The second-order valence-electron chi connectivity index (χ2n) is 1.70. The summed E-state index contributed by atoms with van der Waals surface area (Å²) in [5.41, 5.74) is 0. The van der Waals surface area contributed by atoms with E-state index in [9.17, 15) is 4.21 Å². The third kappa shape index (κ3) is 4.41. The topological polar surface area (TPSA) is 17.1 Å². The first-order chi connectivity index (χ1) is 5.37. The van der Waals surface area contributed by atoms with E-state index in [0.717, 1.165) is 0 Å². The summed E-state index contributed by atoms with van der Waals surface area (Å²) in [6, 6.07) is 0. The van der Waals surface area contributed by atoms with Crippen molar-refractivity contribution in [2.45, 2.75) is 19.1 Å². The average molecular weight is 313 g/mol. The van der Waals surface area contributed by atoms with Crippen LogP contribution in [0.4, 0.5) is 0 Å². The number of rotatable bonds is 4. The molecule has 0 saturated heterocycles. The van der Waals surface area contributed by atoms with Crippen LogP contribution in [0.25, 0.3) is 0 Å². The molecule has 0 radical (unpaired) electrons. The highest BCUT2D eigenvalue weighted by molar-refractivity contribution is 7.89. The van der Waals surface area contributed by atoms with E-state index in [4.69, 9.17) is 69.6 Å². The van der Waals surface area contributed by atoms with Gasteiger partial charge in [0, 0.05) is 0 Å².